The van der Waals surface area contributed by atoms with E-state index in [0.29, 0.717) is 16.2 Å². The lowest BCUT2D eigenvalue weighted by molar-refractivity contribution is -0.386. The van der Waals surface area contributed by atoms with Crippen LogP contribution in [0.25, 0.3) is 0 Å². The highest BCUT2D eigenvalue weighted by molar-refractivity contribution is 7.71. The topological polar surface area (TPSA) is 108 Å². The fourth-order valence-corrected chi connectivity index (χ4v) is 2.42. The summed E-state index contributed by atoms with van der Waals surface area (Å²) in [5.41, 5.74) is 0.279. The Kier molecular flexibility index (Phi) is 6.09. The molecular formula is C16H21N5O4S. The smallest absolute Gasteiger partial charge is 0.315 e. The van der Waals surface area contributed by atoms with E-state index in [-0.39, 0.29) is 29.2 Å². The van der Waals surface area contributed by atoms with E-state index >= 15 is 0 Å². The second kappa shape index (κ2) is 8.09. The van der Waals surface area contributed by atoms with E-state index in [1.54, 1.807) is 19.9 Å². The number of methoxy groups -OCH3 is 1. The van der Waals surface area contributed by atoms with Crippen LogP contribution in [0.4, 0.5) is 5.69 Å². The molecule has 0 spiro atoms. The number of ether oxygens (including phenoxy) is 2. The molecule has 10 heteroatoms. The monoisotopic (exact) mass is 379 g/mol. The van der Waals surface area contributed by atoms with E-state index < -0.39 is 4.92 Å². The van der Waals surface area contributed by atoms with Crippen molar-refractivity contribution in [3.63, 3.8) is 0 Å². The molecule has 0 atom stereocenters. The molecule has 140 valence electrons. The first kappa shape index (κ1) is 19.6. The van der Waals surface area contributed by atoms with Gasteiger partial charge in [-0.1, -0.05) is 13.8 Å². The van der Waals surface area contributed by atoms with Gasteiger partial charge >= 0.3 is 5.69 Å². The van der Waals surface area contributed by atoms with Gasteiger partial charge in [-0.2, -0.15) is 14.9 Å². The van der Waals surface area contributed by atoms with E-state index in [1.807, 2.05) is 13.8 Å². The zero-order valence-corrected chi connectivity index (χ0v) is 16.0. The molecule has 1 N–H and O–H groups in total. The second-order valence-electron chi connectivity index (χ2n) is 6.09. The Bertz CT molecular complexity index is 885. The van der Waals surface area contributed by atoms with Crippen molar-refractivity contribution < 1.29 is 14.4 Å². The second-order valence-corrected chi connectivity index (χ2v) is 6.48. The summed E-state index contributed by atoms with van der Waals surface area (Å²) >= 11 is 5.17. The lowest BCUT2D eigenvalue weighted by Crippen LogP contribution is -2.09. The summed E-state index contributed by atoms with van der Waals surface area (Å²) in [6, 6.07) is 3.00. The molecule has 1 heterocycles. The highest BCUT2D eigenvalue weighted by atomic mass is 32.1. The number of nitro groups is 1. The highest BCUT2D eigenvalue weighted by Crippen LogP contribution is 2.38. The zero-order chi connectivity index (χ0) is 19.4. The van der Waals surface area contributed by atoms with Crippen LogP contribution in [-0.4, -0.2) is 39.2 Å². The number of nitrogens with one attached hydrogen (secondary N) is 1. The van der Waals surface area contributed by atoms with Gasteiger partial charge in [-0.25, -0.2) is 0 Å². The third kappa shape index (κ3) is 4.26. The van der Waals surface area contributed by atoms with Crippen LogP contribution in [0.5, 0.6) is 11.5 Å². The van der Waals surface area contributed by atoms with Crippen molar-refractivity contribution in [2.24, 2.45) is 5.10 Å². The molecular weight excluding hydrogens is 358 g/mol. The molecule has 0 radical (unpaired) electrons. The van der Waals surface area contributed by atoms with Gasteiger partial charge in [0.1, 0.15) is 0 Å². The van der Waals surface area contributed by atoms with Gasteiger partial charge in [0, 0.05) is 17.5 Å². The van der Waals surface area contributed by atoms with Crippen LogP contribution in [0, 0.1) is 14.9 Å². The van der Waals surface area contributed by atoms with Crippen molar-refractivity contribution in [3.8, 4) is 11.5 Å². The Morgan fingerprint density at radius 2 is 2.08 bits per heavy atom. The van der Waals surface area contributed by atoms with Crippen LogP contribution in [0.2, 0.25) is 0 Å². The van der Waals surface area contributed by atoms with Crippen molar-refractivity contribution in [2.45, 2.75) is 39.7 Å². The molecule has 1 aromatic heterocycles. The van der Waals surface area contributed by atoms with Crippen LogP contribution in [0.15, 0.2) is 17.2 Å². The summed E-state index contributed by atoms with van der Waals surface area (Å²) in [6.45, 7) is 7.49. The van der Waals surface area contributed by atoms with Crippen LogP contribution in [-0.2, 0) is 0 Å². The molecule has 9 nitrogen and oxygen atoms in total. The number of hydrogen-bond acceptors (Lipinski definition) is 7. The maximum atomic E-state index is 11.4. The maximum Gasteiger partial charge on any atom is 0.315 e. The quantitative estimate of drug-likeness (QED) is 0.340. The molecule has 0 aliphatic rings. The summed E-state index contributed by atoms with van der Waals surface area (Å²) in [7, 11) is 1.43. The summed E-state index contributed by atoms with van der Waals surface area (Å²) in [5.74, 6) is 1.11. The van der Waals surface area contributed by atoms with Gasteiger partial charge in [0.25, 0.3) is 0 Å². The van der Waals surface area contributed by atoms with E-state index in [4.69, 9.17) is 21.7 Å². The van der Waals surface area contributed by atoms with Crippen molar-refractivity contribution in [1.29, 1.82) is 0 Å². The number of nitrogens with zero attached hydrogens (tertiary/aromatic N) is 4. The van der Waals surface area contributed by atoms with E-state index in [2.05, 4.69) is 15.3 Å². The molecule has 0 saturated carbocycles. The Balaban J connectivity index is 2.51. The van der Waals surface area contributed by atoms with Gasteiger partial charge < -0.3 is 9.47 Å². The zero-order valence-electron chi connectivity index (χ0n) is 15.2. The summed E-state index contributed by atoms with van der Waals surface area (Å²) in [4.78, 5) is 10.9. The molecule has 0 unspecified atom stereocenters. The predicted octanol–water partition coefficient (Wildman–Crippen LogP) is 3.65. The molecule has 0 aliphatic heterocycles. The molecule has 26 heavy (non-hydrogen) atoms. The average Bonchev–Trinajstić information content (AvgIpc) is 2.93. The normalized spacial score (nSPS) is 11.5. The number of H-pyrrole nitrogens is 1. The van der Waals surface area contributed by atoms with Crippen LogP contribution in [0.3, 0.4) is 0 Å². The number of benzene rings is 1. The van der Waals surface area contributed by atoms with Crippen molar-refractivity contribution >= 4 is 24.1 Å². The molecule has 0 amide bonds. The molecule has 2 rings (SSSR count). The lowest BCUT2D eigenvalue weighted by Gasteiger charge is -2.14. The van der Waals surface area contributed by atoms with Crippen molar-refractivity contribution in [1.82, 2.24) is 14.9 Å². The third-order valence-corrected chi connectivity index (χ3v) is 3.61. The largest absolute Gasteiger partial charge is 0.493 e. The number of aromatic amines is 1. The van der Waals surface area contributed by atoms with Crippen molar-refractivity contribution in [2.75, 3.05) is 7.11 Å². The van der Waals surface area contributed by atoms with E-state index in [9.17, 15) is 10.1 Å². The minimum Gasteiger partial charge on any atom is -0.493 e. The molecule has 0 fully saturated rings. The number of aromatic nitrogens is 3. The van der Waals surface area contributed by atoms with Crippen LogP contribution < -0.4 is 9.47 Å². The van der Waals surface area contributed by atoms with E-state index in [1.165, 1.54) is 24.1 Å². The Morgan fingerprint density at radius 1 is 1.38 bits per heavy atom. The minimum atomic E-state index is -0.513. The van der Waals surface area contributed by atoms with Gasteiger partial charge in [0.05, 0.1) is 24.4 Å². The highest BCUT2D eigenvalue weighted by Gasteiger charge is 2.23. The van der Waals surface area contributed by atoms with Gasteiger partial charge in [-0.15, -0.1) is 0 Å². The standard InChI is InChI=1S/C16H21N5O4S/c1-9(2)15-18-19-16(26)20(15)17-8-11-6-12(21(22)23)14(25-10(3)4)13(7-11)24-5/h6-10H,1-5H3,(H,19,26)/b17-8-. The third-order valence-electron chi connectivity index (χ3n) is 3.34. The number of nitro benzene ring substituents is 1. The number of hydrogen-bond donors (Lipinski definition) is 1. The molecule has 0 saturated heterocycles. The first-order valence-corrected chi connectivity index (χ1v) is 8.40. The fraction of sp³-hybridized carbons (Fsp3) is 0.438. The van der Waals surface area contributed by atoms with Gasteiger partial charge in [-0.3, -0.25) is 15.2 Å². The Labute approximate surface area is 155 Å². The minimum absolute atomic E-state index is 0.0902. The van der Waals surface area contributed by atoms with Gasteiger partial charge in [0.15, 0.2) is 11.6 Å². The summed E-state index contributed by atoms with van der Waals surface area (Å²) < 4.78 is 12.6. The maximum absolute atomic E-state index is 11.4. The SMILES string of the molecule is COc1cc(/C=N\n2c(C(C)C)n[nH]c2=S)cc([N+](=O)[O-])c1OC(C)C. The van der Waals surface area contributed by atoms with Crippen LogP contribution in [0.1, 0.15) is 45.0 Å². The summed E-state index contributed by atoms with van der Waals surface area (Å²) in [5, 5.41) is 22.6. The first-order chi connectivity index (χ1) is 12.2. The predicted molar refractivity (Wildman–Crippen MR) is 99.9 cm³/mol. The average molecular weight is 379 g/mol. The molecule has 0 aliphatic carbocycles. The Morgan fingerprint density at radius 3 is 2.62 bits per heavy atom. The van der Waals surface area contributed by atoms with Gasteiger partial charge in [0.2, 0.25) is 10.5 Å². The molecule has 1 aromatic carbocycles. The van der Waals surface area contributed by atoms with E-state index in [0.717, 1.165) is 0 Å². The Hall–Kier alpha value is -2.75. The fourth-order valence-electron chi connectivity index (χ4n) is 2.24. The van der Waals surface area contributed by atoms with Crippen molar-refractivity contribution in [3.05, 3.63) is 38.4 Å². The lowest BCUT2D eigenvalue weighted by atomic mass is 10.2. The molecule has 2 aromatic rings. The molecule has 0 bridgehead atoms. The number of rotatable bonds is 7. The van der Waals surface area contributed by atoms with Crippen LogP contribution >= 0.6 is 12.2 Å². The van der Waals surface area contributed by atoms with Gasteiger partial charge in [-0.05, 0) is 32.1 Å². The summed E-state index contributed by atoms with van der Waals surface area (Å²) in [6.07, 6.45) is 1.23. The first-order valence-electron chi connectivity index (χ1n) is 7.99.